The summed E-state index contributed by atoms with van der Waals surface area (Å²) in [6.07, 6.45) is 1.99. The Balaban J connectivity index is 2.01. The molecule has 1 aromatic carbocycles. The first-order valence-electron chi connectivity index (χ1n) is 5.86. The van der Waals surface area contributed by atoms with Gasteiger partial charge in [0.15, 0.2) is 0 Å². The maximum Gasteiger partial charge on any atom is 0.102 e. The molecule has 0 spiro atoms. The predicted molar refractivity (Wildman–Crippen MR) is 81.5 cm³/mol. The van der Waals surface area contributed by atoms with Crippen LogP contribution in [0.5, 0.6) is 0 Å². The largest absolute Gasteiger partial charge is 0.379 e. The van der Waals surface area contributed by atoms with Gasteiger partial charge in [-0.3, -0.25) is 0 Å². The third kappa shape index (κ3) is 3.44. The third-order valence-corrected chi connectivity index (χ3v) is 3.20. The standard InChI is InChI=1S/C13H17IN4/c1-13(2,3)18-9-12(16-17-18)8-15-11-6-4-5-10(14)7-11/h4-7,9,15H,8H2,1-3H3. The van der Waals surface area contributed by atoms with E-state index >= 15 is 0 Å². The molecule has 0 bridgehead atoms. The second-order valence-corrected chi connectivity index (χ2v) is 6.43. The van der Waals surface area contributed by atoms with E-state index in [0.717, 1.165) is 11.4 Å². The van der Waals surface area contributed by atoms with Crippen molar-refractivity contribution >= 4 is 28.3 Å². The third-order valence-electron chi connectivity index (χ3n) is 2.53. The molecule has 2 aromatic rings. The Labute approximate surface area is 121 Å². The summed E-state index contributed by atoms with van der Waals surface area (Å²) in [7, 11) is 0. The molecule has 0 saturated carbocycles. The lowest BCUT2D eigenvalue weighted by atomic mass is 10.1. The quantitative estimate of drug-likeness (QED) is 0.859. The molecule has 96 valence electrons. The van der Waals surface area contributed by atoms with Gasteiger partial charge in [-0.05, 0) is 61.6 Å². The van der Waals surface area contributed by atoms with E-state index in [1.807, 2.05) is 16.9 Å². The fourth-order valence-corrected chi connectivity index (χ4v) is 2.04. The Morgan fingerprint density at radius 1 is 1.33 bits per heavy atom. The number of hydrogen-bond donors (Lipinski definition) is 1. The molecule has 0 radical (unpaired) electrons. The Hall–Kier alpha value is -1.11. The van der Waals surface area contributed by atoms with Crippen LogP contribution in [-0.4, -0.2) is 15.0 Å². The molecule has 1 aromatic heterocycles. The molecule has 0 atom stereocenters. The lowest BCUT2D eigenvalue weighted by molar-refractivity contribution is 0.347. The van der Waals surface area contributed by atoms with Gasteiger partial charge in [-0.2, -0.15) is 0 Å². The zero-order valence-electron chi connectivity index (χ0n) is 10.8. The van der Waals surface area contributed by atoms with Crippen molar-refractivity contribution in [3.8, 4) is 0 Å². The van der Waals surface area contributed by atoms with Crippen molar-refractivity contribution in [2.45, 2.75) is 32.9 Å². The van der Waals surface area contributed by atoms with Crippen LogP contribution in [0.4, 0.5) is 5.69 Å². The maximum atomic E-state index is 4.17. The summed E-state index contributed by atoms with van der Waals surface area (Å²) in [5.74, 6) is 0. The van der Waals surface area contributed by atoms with E-state index in [1.54, 1.807) is 0 Å². The normalized spacial score (nSPS) is 11.6. The van der Waals surface area contributed by atoms with Crippen LogP contribution in [0.25, 0.3) is 0 Å². The summed E-state index contributed by atoms with van der Waals surface area (Å²) in [5.41, 5.74) is 2.03. The van der Waals surface area contributed by atoms with Gasteiger partial charge < -0.3 is 5.32 Å². The molecule has 18 heavy (non-hydrogen) atoms. The second kappa shape index (κ2) is 5.26. The molecule has 4 nitrogen and oxygen atoms in total. The van der Waals surface area contributed by atoms with E-state index in [9.17, 15) is 0 Å². The van der Waals surface area contributed by atoms with Crippen LogP contribution < -0.4 is 5.32 Å². The Bertz CT molecular complexity index is 528. The van der Waals surface area contributed by atoms with Crippen molar-refractivity contribution in [3.63, 3.8) is 0 Å². The van der Waals surface area contributed by atoms with E-state index in [1.165, 1.54) is 3.57 Å². The van der Waals surface area contributed by atoms with Crippen molar-refractivity contribution in [1.29, 1.82) is 0 Å². The molecule has 1 heterocycles. The van der Waals surface area contributed by atoms with Crippen LogP contribution in [0.15, 0.2) is 30.5 Å². The number of nitrogens with one attached hydrogen (secondary N) is 1. The first kappa shape index (κ1) is 13.3. The average Bonchev–Trinajstić information content (AvgIpc) is 2.74. The molecule has 0 unspecified atom stereocenters. The van der Waals surface area contributed by atoms with Crippen molar-refractivity contribution in [2.75, 3.05) is 5.32 Å². The van der Waals surface area contributed by atoms with Gasteiger partial charge in [0.05, 0.1) is 18.3 Å². The van der Waals surface area contributed by atoms with E-state index in [2.05, 4.69) is 77.2 Å². The number of benzene rings is 1. The maximum absolute atomic E-state index is 4.17. The van der Waals surface area contributed by atoms with Gasteiger partial charge in [-0.25, -0.2) is 4.68 Å². The lowest BCUT2D eigenvalue weighted by Crippen LogP contribution is -2.22. The fraction of sp³-hybridized carbons (Fsp3) is 0.385. The predicted octanol–water partition coefficient (Wildman–Crippen LogP) is 3.25. The minimum absolute atomic E-state index is 0.0205. The summed E-state index contributed by atoms with van der Waals surface area (Å²) >= 11 is 2.30. The van der Waals surface area contributed by atoms with Gasteiger partial charge in [0.2, 0.25) is 0 Å². The van der Waals surface area contributed by atoms with Gasteiger partial charge in [0.25, 0.3) is 0 Å². The van der Waals surface area contributed by atoms with Crippen LogP contribution in [0, 0.1) is 3.57 Å². The number of hydrogen-bond acceptors (Lipinski definition) is 3. The van der Waals surface area contributed by atoms with Crippen molar-refractivity contribution in [2.24, 2.45) is 0 Å². The summed E-state index contributed by atoms with van der Waals surface area (Å²) in [5, 5.41) is 11.7. The Morgan fingerprint density at radius 3 is 2.72 bits per heavy atom. The summed E-state index contributed by atoms with van der Waals surface area (Å²) in [4.78, 5) is 0. The lowest BCUT2D eigenvalue weighted by Gasteiger charge is -2.17. The molecular formula is C13H17IN4. The van der Waals surface area contributed by atoms with Gasteiger partial charge in [-0.15, -0.1) is 5.10 Å². The van der Waals surface area contributed by atoms with Crippen molar-refractivity contribution < 1.29 is 0 Å². The van der Waals surface area contributed by atoms with E-state index in [4.69, 9.17) is 0 Å². The minimum atomic E-state index is -0.0205. The molecule has 1 N–H and O–H groups in total. The van der Waals surface area contributed by atoms with Crippen LogP contribution >= 0.6 is 22.6 Å². The highest BCUT2D eigenvalue weighted by molar-refractivity contribution is 14.1. The number of rotatable bonds is 3. The van der Waals surface area contributed by atoms with E-state index in [-0.39, 0.29) is 5.54 Å². The van der Waals surface area contributed by atoms with Gasteiger partial charge in [0, 0.05) is 9.26 Å². The van der Waals surface area contributed by atoms with Gasteiger partial charge in [0.1, 0.15) is 5.69 Å². The van der Waals surface area contributed by atoms with Crippen molar-refractivity contribution in [3.05, 3.63) is 39.7 Å². The fourth-order valence-electron chi connectivity index (χ4n) is 1.50. The second-order valence-electron chi connectivity index (χ2n) is 5.19. The number of aromatic nitrogens is 3. The average molecular weight is 356 g/mol. The number of anilines is 1. The van der Waals surface area contributed by atoms with Crippen molar-refractivity contribution in [1.82, 2.24) is 15.0 Å². The highest BCUT2D eigenvalue weighted by Gasteiger charge is 2.14. The number of nitrogens with zero attached hydrogens (tertiary/aromatic N) is 3. The van der Waals surface area contributed by atoms with Crippen LogP contribution in [0.1, 0.15) is 26.5 Å². The zero-order valence-corrected chi connectivity index (χ0v) is 13.0. The molecule has 0 aliphatic carbocycles. The molecule has 0 aliphatic heterocycles. The Morgan fingerprint density at radius 2 is 2.11 bits per heavy atom. The molecular weight excluding hydrogens is 339 g/mol. The smallest absolute Gasteiger partial charge is 0.102 e. The summed E-state index contributed by atoms with van der Waals surface area (Å²) < 4.78 is 3.11. The monoisotopic (exact) mass is 356 g/mol. The van der Waals surface area contributed by atoms with Crippen LogP contribution in [0.2, 0.25) is 0 Å². The molecule has 0 aliphatic rings. The topological polar surface area (TPSA) is 42.7 Å². The molecule has 5 heteroatoms. The zero-order chi connectivity index (χ0) is 13.2. The number of halogens is 1. The van der Waals surface area contributed by atoms with E-state index < -0.39 is 0 Å². The van der Waals surface area contributed by atoms with E-state index in [0.29, 0.717) is 6.54 Å². The highest BCUT2D eigenvalue weighted by Crippen LogP contribution is 2.14. The van der Waals surface area contributed by atoms with Gasteiger partial charge in [-0.1, -0.05) is 11.3 Å². The molecule has 2 rings (SSSR count). The Kier molecular flexibility index (Phi) is 3.89. The minimum Gasteiger partial charge on any atom is -0.379 e. The molecule has 0 fully saturated rings. The highest BCUT2D eigenvalue weighted by atomic mass is 127. The first-order chi connectivity index (χ1) is 8.45. The van der Waals surface area contributed by atoms with Crippen LogP contribution in [-0.2, 0) is 12.1 Å². The SMILES string of the molecule is CC(C)(C)n1cc(CNc2cccc(I)c2)nn1. The molecule has 0 saturated heterocycles. The summed E-state index contributed by atoms with van der Waals surface area (Å²) in [6.45, 7) is 7.02. The first-order valence-corrected chi connectivity index (χ1v) is 6.94. The van der Waals surface area contributed by atoms with Gasteiger partial charge >= 0.3 is 0 Å². The summed E-state index contributed by atoms with van der Waals surface area (Å²) in [6, 6.07) is 8.27. The molecule has 0 amide bonds. The van der Waals surface area contributed by atoms with Crippen LogP contribution in [0.3, 0.4) is 0 Å².